The molecule has 0 aliphatic heterocycles. The van der Waals surface area contributed by atoms with E-state index in [-0.39, 0.29) is 28.8 Å². The van der Waals surface area contributed by atoms with Crippen LogP contribution >= 0.6 is 11.6 Å². The van der Waals surface area contributed by atoms with E-state index in [9.17, 15) is 19.1 Å². The van der Waals surface area contributed by atoms with Gasteiger partial charge in [-0.05, 0) is 29.5 Å². The topological polar surface area (TPSA) is 66.4 Å². The third kappa shape index (κ3) is 5.01. The van der Waals surface area contributed by atoms with Crippen LogP contribution in [-0.2, 0) is 9.59 Å². The number of hydrogen-bond donors (Lipinski definition) is 2. The number of hydrogen-bond acceptors (Lipinski definition) is 2. The minimum Gasteiger partial charge on any atom is -0.479 e. The molecule has 2 N–H and O–H groups in total. The van der Waals surface area contributed by atoms with Gasteiger partial charge in [0.25, 0.3) is 0 Å². The van der Waals surface area contributed by atoms with Gasteiger partial charge in [-0.25, -0.2) is 9.18 Å². The van der Waals surface area contributed by atoms with Crippen LogP contribution in [0.15, 0.2) is 18.2 Å². The Hall–Kier alpha value is -1.62. The molecule has 2 unspecified atom stereocenters. The highest BCUT2D eigenvalue weighted by molar-refractivity contribution is 6.30. The minimum absolute atomic E-state index is 0.0948. The van der Waals surface area contributed by atoms with Crippen LogP contribution in [0.2, 0.25) is 5.02 Å². The van der Waals surface area contributed by atoms with Gasteiger partial charge in [0, 0.05) is 6.42 Å². The van der Waals surface area contributed by atoms with E-state index in [1.165, 1.54) is 12.1 Å². The number of carbonyl (C=O) groups is 2. The zero-order valence-corrected chi connectivity index (χ0v) is 12.9. The molecule has 6 heteroatoms. The highest BCUT2D eigenvalue weighted by Crippen LogP contribution is 2.21. The van der Waals surface area contributed by atoms with Gasteiger partial charge < -0.3 is 10.4 Å². The van der Waals surface area contributed by atoms with Crippen LogP contribution in [0, 0.1) is 17.7 Å². The molecule has 0 heterocycles. The van der Waals surface area contributed by atoms with Crippen molar-refractivity contribution in [3.63, 3.8) is 0 Å². The molecule has 1 aromatic carbocycles. The van der Waals surface area contributed by atoms with Crippen molar-refractivity contribution in [3.8, 4) is 0 Å². The molecule has 0 aliphatic carbocycles. The Bertz CT molecular complexity index is 534. The van der Waals surface area contributed by atoms with E-state index in [0.29, 0.717) is 5.92 Å². The zero-order chi connectivity index (χ0) is 16.2. The lowest BCUT2D eigenvalue weighted by molar-refractivity contribution is -0.142. The Kier molecular flexibility index (Phi) is 6.15. The fraction of sp³-hybridized carbons (Fsp3) is 0.467. The number of rotatable bonds is 6. The lowest BCUT2D eigenvalue weighted by atomic mass is 9.94. The van der Waals surface area contributed by atoms with E-state index in [0.717, 1.165) is 6.07 Å². The third-order valence-corrected chi connectivity index (χ3v) is 3.78. The van der Waals surface area contributed by atoms with Crippen LogP contribution in [0.4, 0.5) is 4.39 Å². The molecule has 0 radical (unpaired) electrons. The van der Waals surface area contributed by atoms with Gasteiger partial charge in [-0.2, -0.15) is 0 Å². The summed E-state index contributed by atoms with van der Waals surface area (Å²) >= 11 is 5.56. The van der Waals surface area contributed by atoms with Gasteiger partial charge in [0.15, 0.2) is 6.04 Å². The van der Waals surface area contributed by atoms with Crippen LogP contribution in [0.25, 0.3) is 0 Å². The molecule has 0 spiro atoms. The largest absolute Gasteiger partial charge is 0.479 e. The fourth-order valence-corrected chi connectivity index (χ4v) is 1.85. The first-order chi connectivity index (χ1) is 9.72. The molecular weight excluding hydrogens is 297 g/mol. The Morgan fingerprint density at radius 3 is 2.43 bits per heavy atom. The van der Waals surface area contributed by atoms with Crippen molar-refractivity contribution in [2.75, 3.05) is 0 Å². The van der Waals surface area contributed by atoms with Gasteiger partial charge in [-0.3, -0.25) is 4.79 Å². The van der Waals surface area contributed by atoms with Crippen molar-refractivity contribution in [1.82, 2.24) is 5.32 Å². The lowest BCUT2D eigenvalue weighted by Crippen LogP contribution is -2.35. The fourth-order valence-electron chi connectivity index (χ4n) is 1.73. The maximum Gasteiger partial charge on any atom is 0.330 e. The predicted molar refractivity (Wildman–Crippen MR) is 78.5 cm³/mol. The molecule has 116 valence electrons. The number of aliphatic carboxylic acids is 1. The normalized spacial score (nSPS) is 13.8. The second kappa shape index (κ2) is 7.41. The molecule has 0 saturated heterocycles. The predicted octanol–water partition coefficient (Wildman–Crippen LogP) is 3.40. The van der Waals surface area contributed by atoms with Crippen molar-refractivity contribution in [3.05, 3.63) is 34.6 Å². The molecule has 0 fully saturated rings. The van der Waals surface area contributed by atoms with Gasteiger partial charge in [0.05, 0.1) is 5.02 Å². The van der Waals surface area contributed by atoms with E-state index in [1.54, 1.807) is 0 Å². The van der Waals surface area contributed by atoms with E-state index in [2.05, 4.69) is 5.32 Å². The summed E-state index contributed by atoms with van der Waals surface area (Å²) in [7, 11) is 0. The summed E-state index contributed by atoms with van der Waals surface area (Å²) in [5.74, 6) is -1.90. The van der Waals surface area contributed by atoms with E-state index >= 15 is 0 Å². The van der Waals surface area contributed by atoms with Gasteiger partial charge in [-0.15, -0.1) is 0 Å². The van der Waals surface area contributed by atoms with Crippen LogP contribution in [0.3, 0.4) is 0 Å². The summed E-state index contributed by atoms with van der Waals surface area (Å²) < 4.78 is 13.4. The molecule has 4 nitrogen and oxygen atoms in total. The highest BCUT2D eigenvalue weighted by atomic mass is 35.5. The molecule has 0 aliphatic rings. The molecule has 1 amide bonds. The monoisotopic (exact) mass is 315 g/mol. The first-order valence-electron chi connectivity index (χ1n) is 6.69. The highest BCUT2D eigenvalue weighted by Gasteiger charge is 2.24. The standard InChI is InChI=1S/C15H19ClFNO3/c1-8(2)9(3)6-13(19)18-14(15(20)21)10-4-5-11(16)12(17)7-10/h4-5,7-9,14H,6H2,1-3H3,(H,18,19)(H,20,21). The summed E-state index contributed by atoms with van der Waals surface area (Å²) in [6, 6.07) is 2.39. The Labute approximate surface area is 128 Å². The van der Waals surface area contributed by atoms with E-state index < -0.39 is 17.8 Å². The molecule has 0 bridgehead atoms. The lowest BCUT2D eigenvalue weighted by Gasteiger charge is -2.19. The molecule has 0 saturated carbocycles. The average Bonchev–Trinajstić information content (AvgIpc) is 2.38. The van der Waals surface area contributed by atoms with Gasteiger partial charge in [0.2, 0.25) is 5.91 Å². The quantitative estimate of drug-likeness (QED) is 0.845. The van der Waals surface area contributed by atoms with Crippen molar-refractivity contribution < 1.29 is 19.1 Å². The smallest absolute Gasteiger partial charge is 0.330 e. The number of halogens is 2. The van der Waals surface area contributed by atoms with Crippen LogP contribution in [0.5, 0.6) is 0 Å². The van der Waals surface area contributed by atoms with Gasteiger partial charge in [-0.1, -0.05) is 38.4 Å². The van der Waals surface area contributed by atoms with Crippen molar-refractivity contribution in [1.29, 1.82) is 0 Å². The average molecular weight is 316 g/mol. The summed E-state index contributed by atoms with van der Waals surface area (Å²) in [6.07, 6.45) is 0.220. The molecule has 21 heavy (non-hydrogen) atoms. The maximum absolute atomic E-state index is 13.4. The first-order valence-corrected chi connectivity index (χ1v) is 7.07. The summed E-state index contributed by atoms with van der Waals surface area (Å²) in [6.45, 7) is 5.89. The number of carbonyl (C=O) groups excluding carboxylic acids is 1. The van der Waals surface area contributed by atoms with Crippen LogP contribution in [0.1, 0.15) is 38.8 Å². The number of carboxylic acid groups (broad SMARTS) is 1. The molecule has 0 aromatic heterocycles. The van der Waals surface area contributed by atoms with Crippen molar-refractivity contribution in [2.24, 2.45) is 11.8 Å². The van der Waals surface area contributed by atoms with E-state index in [4.69, 9.17) is 11.6 Å². The Morgan fingerprint density at radius 1 is 1.33 bits per heavy atom. The molecule has 1 rings (SSSR count). The molecule has 1 aromatic rings. The van der Waals surface area contributed by atoms with Gasteiger partial charge >= 0.3 is 5.97 Å². The van der Waals surface area contributed by atoms with Crippen molar-refractivity contribution in [2.45, 2.75) is 33.2 Å². The zero-order valence-electron chi connectivity index (χ0n) is 12.2. The number of carboxylic acids is 1. The Balaban J connectivity index is 2.85. The summed E-state index contributed by atoms with van der Waals surface area (Å²) in [5, 5.41) is 11.5. The van der Waals surface area contributed by atoms with E-state index in [1.807, 2.05) is 20.8 Å². The van der Waals surface area contributed by atoms with Gasteiger partial charge in [0.1, 0.15) is 5.82 Å². The summed E-state index contributed by atoms with van der Waals surface area (Å²) in [5.41, 5.74) is 0.148. The molecule has 2 atom stereocenters. The van der Waals surface area contributed by atoms with Crippen LogP contribution < -0.4 is 5.32 Å². The molecular formula is C15H19ClFNO3. The second-order valence-electron chi connectivity index (χ2n) is 5.44. The first kappa shape index (κ1) is 17.4. The number of amides is 1. The number of nitrogens with one attached hydrogen (secondary N) is 1. The maximum atomic E-state index is 13.4. The third-order valence-electron chi connectivity index (χ3n) is 3.47. The summed E-state index contributed by atoms with van der Waals surface area (Å²) in [4.78, 5) is 23.2. The van der Waals surface area contributed by atoms with Crippen molar-refractivity contribution >= 4 is 23.5 Å². The second-order valence-corrected chi connectivity index (χ2v) is 5.84. The van der Waals surface area contributed by atoms with Crippen LogP contribution in [-0.4, -0.2) is 17.0 Å². The number of benzene rings is 1. The minimum atomic E-state index is -1.29. The SMILES string of the molecule is CC(C)C(C)CC(=O)NC(C(=O)O)c1ccc(Cl)c(F)c1. The Morgan fingerprint density at radius 2 is 1.95 bits per heavy atom.